The van der Waals surface area contributed by atoms with Gasteiger partial charge in [0.1, 0.15) is 12.1 Å². The maximum atomic E-state index is 12.0. The fourth-order valence-electron chi connectivity index (χ4n) is 2.13. The molecule has 0 aromatic carbocycles. The van der Waals surface area contributed by atoms with E-state index in [1.807, 2.05) is 35.9 Å². The van der Waals surface area contributed by atoms with E-state index in [0.29, 0.717) is 6.54 Å². The summed E-state index contributed by atoms with van der Waals surface area (Å²) >= 11 is 0. The molecule has 0 saturated heterocycles. The first-order chi connectivity index (χ1) is 10.7. The number of imidazole rings is 1. The summed E-state index contributed by atoms with van der Waals surface area (Å²) in [4.78, 5) is 20.3. The van der Waals surface area contributed by atoms with Crippen LogP contribution in [0.25, 0.3) is 5.82 Å². The number of carbonyl (C=O) groups is 1. The van der Waals surface area contributed by atoms with Gasteiger partial charge >= 0.3 is 6.03 Å². The molecule has 116 valence electrons. The molecule has 0 fully saturated rings. The van der Waals surface area contributed by atoms with Gasteiger partial charge in [0, 0.05) is 36.7 Å². The summed E-state index contributed by atoms with van der Waals surface area (Å²) in [5.41, 5.74) is 0.924. The lowest BCUT2D eigenvalue weighted by atomic mass is 10.1. The van der Waals surface area contributed by atoms with Crippen LogP contribution < -0.4 is 10.6 Å². The first kappa shape index (κ1) is 15.8. The quantitative estimate of drug-likeness (QED) is 0.771. The number of carbonyl (C=O) groups excluding carboxylic acids is 1. The minimum Gasteiger partial charge on any atom is -0.335 e. The summed E-state index contributed by atoms with van der Waals surface area (Å²) in [5.74, 6) is 0.762. The van der Waals surface area contributed by atoms with Crippen LogP contribution in [0.5, 0.6) is 0 Å². The molecule has 2 heterocycles. The zero-order valence-electron chi connectivity index (χ0n) is 12.7. The first-order valence-electron chi connectivity index (χ1n) is 7.32. The second-order valence-corrected chi connectivity index (χ2v) is 4.91. The van der Waals surface area contributed by atoms with E-state index in [0.717, 1.165) is 24.2 Å². The lowest BCUT2D eigenvalue weighted by Crippen LogP contribution is -2.41. The monoisotopic (exact) mass is 299 g/mol. The summed E-state index contributed by atoms with van der Waals surface area (Å²) in [7, 11) is 0. The average Bonchev–Trinajstić information content (AvgIpc) is 3.07. The Morgan fingerprint density at radius 3 is 3.05 bits per heavy atom. The predicted octanol–water partition coefficient (Wildman–Crippen LogP) is 2.42. The van der Waals surface area contributed by atoms with E-state index >= 15 is 0 Å². The smallest absolute Gasteiger partial charge is 0.315 e. The van der Waals surface area contributed by atoms with Gasteiger partial charge in [-0.2, -0.15) is 0 Å². The molecule has 0 aliphatic carbocycles. The van der Waals surface area contributed by atoms with Gasteiger partial charge < -0.3 is 10.6 Å². The zero-order chi connectivity index (χ0) is 15.8. The minimum absolute atomic E-state index is 0.111. The Hall–Kier alpha value is -2.63. The highest BCUT2D eigenvalue weighted by atomic mass is 16.2. The summed E-state index contributed by atoms with van der Waals surface area (Å²) in [6, 6.07) is 3.71. The Morgan fingerprint density at radius 1 is 1.50 bits per heavy atom. The third-order valence-corrected chi connectivity index (χ3v) is 3.34. The van der Waals surface area contributed by atoms with Gasteiger partial charge in [-0.1, -0.05) is 19.1 Å². The third kappa shape index (κ3) is 4.18. The highest BCUT2D eigenvalue weighted by Crippen LogP contribution is 2.10. The number of amides is 2. The maximum absolute atomic E-state index is 12.0. The molecular weight excluding hydrogens is 278 g/mol. The van der Waals surface area contributed by atoms with Crippen LogP contribution >= 0.6 is 0 Å². The molecule has 22 heavy (non-hydrogen) atoms. The molecule has 2 N–H and O–H groups in total. The van der Waals surface area contributed by atoms with Crippen molar-refractivity contribution in [2.45, 2.75) is 32.4 Å². The van der Waals surface area contributed by atoms with Crippen molar-refractivity contribution in [2.75, 3.05) is 0 Å². The average molecular weight is 299 g/mol. The van der Waals surface area contributed by atoms with Crippen LogP contribution in [0.2, 0.25) is 0 Å². The maximum Gasteiger partial charge on any atom is 0.315 e. The van der Waals surface area contributed by atoms with Crippen LogP contribution in [0.15, 0.2) is 49.7 Å². The number of nitrogens with zero attached hydrogens (tertiary/aromatic N) is 3. The topological polar surface area (TPSA) is 71.8 Å². The van der Waals surface area contributed by atoms with Crippen molar-refractivity contribution in [1.82, 2.24) is 25.2 Å². The summed E-state index contributed by atoms with van der Waals surface area (Å²) < 4.78 is 1.82. The molecule has 0 bridgehead atoms. The van der Waals surface area contributed by atoms with E-state index < -0.39 is 0 Å². The summed E-state index contributed by atoms with van der Waals surface area (Å²) in [5, 5.41) is 5.80. The highest BCUT2D eigenvalue weighted by Gasteiger charge is 2.10. The van der Waals surface area contributed by atoms with E-state index in [1.54, 1.807) is 18.7 Å². The normalized spacial score (nSPS) is 11.7. The fourth-order valence-corrected chi connectivity index (χ4v) is 2.13. The molecule has 2 amide bonds. The first-order valence-corrected chi connectivity index (χ1v) is 7.32. The third-order valence-electron chi connectivity index (χ3n) is 3.34. The van der Waals surface area contributed by atoms with E-state index in [9.17, 15) is 4.79 Å². The Morgan fingerprint density at radius 2 is 2.36 bits per heavy atom. The molecule has 6 heteroatoms. The van der Waals surface area contributed by atoms with Gasteiger partial charge in [0.25, 0.3) is 0 Å². The number of urea groups is 1. The van der Waals surface area contributed by atoms with Gasteiger partial charge in [0.05, 0.1) is 0 Å². The van der Waals surface area contributed by atoms with Crippen LogP contribution in [-0.4, -0.2) is 26.6 Å². The summed E-state index contributed by atoms with van der Waals surface area (Å²) in [6.45, 7) is 6.14. The van der Waals surface area contributed by atoms with Crippen molar-refractivity contribution in [1.29, 1.82) is 0 Å². The predicted molar refractivity (Wildman–Crippen MR) is 85.6 cm³/mol. The number of aromatic nitrogens is 3. The van der Waals surface area contributed by atoms with Gasteiger partial charge in [0.15, 0.2) is 0 Å². The van der Waals surface area contributed by atoms with Crippen molar-refractivity contribution in [2.24, 2.45) is 0 Å². The fraction of sp³-hybridized carbons (Fsp3) is 0.312. The number of rotatable bonds is 7. The number of hydrogen-bond acceptors (Lipinski definition) is 3. The van der Waals surface area contributed by atoms with E-state index in [2.05, 4.69) is 27.2 Å². The van der Waals surface area contributed by atoms with Crippen LogP contribution in [-0.2, 0) is 6.54 Å². The zero-order valence-corrected chi connectivity index (χ0v) is 12.7. The molecule has 0 saturated carbocycles. The van der Waals surface area contributed by atoms with Crippen molar-refractivity contribution in [3.8, 4) is 5.82 Å². The second kappa shape index (κ2) is 7.97. The highest BCUT2D eigenvalue weighted by molar-refractivity contribution is 5.74. The largest absolute Gasteiger partial charge is 0.335 e. The van der Waals surface area contributed by atoms with Gasteiger partial charge in [-0.15, -0.1) is 6.58 Å². The van der Waals surface area contributed by atoms with Crippen molar-refractivity contribution in [3.05, 3.63) is 55.3 Å². The number of nitrogens with one attached hydrogen (secondary N) is 2. The van der Waals surface area contributed by atoms with Crippen molar-refractivity contribution in [3.63, 3.8) is 0 Å². The van der Waals surface area contributed by atoms with Gasteiger partial charge in [-0.3, -0.25) is 4.57 Å². The Balaban J connectivity index is 1.97. The molecule has 2 aromatic heterocycles. The Bertz CT molecular complexity index is 609. The molecule has 1 atom stereocenters. The van der Waals surface area contributed by atoms with Gasteiger partial charge in [0.2, 0.25) is 0 Å². The molecule has 1 unspecified atom stereocenters. The van der Waals surface area contributed by atoms with E-state index in [4.69, 9.17) is 0 Å². The van der Waals surface area contributed by atoms with Crippen LogP contribution in [0.4, 0.5) is 4.79 Å². The van der Waals surface area contributed by atoms with Crippen LogP contribution in [0.1, 0.15) is 25.3 Å². The second-order valence-electron chi connectivity index (χ2n) is 4.91. The van der Waals surface area contributed by atoms with Gasteiger partial charge in [-0.25, -0.2) is 14.8 Å². The van der Waals surface area contributed by atoms with Crippen LogP contribution in [0.3, 0.4) is 0 Å². The van der Waals surface area contributed by atoms with Crippen molar-refractivity contribution < 1.29 is 4.79 Å². The Labute approximate surface area is 130 Å². The summed E-state index contributed by atoms with van der Waals surface area (Å²) in [6.07, 6.45) is 10.4. The molecule has 2 aromatic rings. The Kier molecular flexibility index (Phi) is 5.71. The lowest BCUT2D eigenvalue weighted by Gasteiger charge is -2.16. The molecule has 2 rings (SSSR count). The molecule has 0 radical (unpaired) electrons. The van der Waals surface area contributed by atoms with E-state index in [1.165, 1.54) is 0 Å². The van der Waals surface area contributed by atoms with Crippen molar-refractivity contribution >= 4 is 6.03 Å². The number of pyridine rings is 1. The minimum atomic E-state index is -0.186. The van der Waals surface area contributed by atoms with Gasteiger partial charge in [-0.05, 0) is 18.9 Å². The standard InChI is InChI=1S/C16H21N5O/c1-3-6-14(4-2)20-16(22)19-11-13-7-5-8-18-15(13)21-10-9-17-12-21/h3,5,7-10,12,14H,1,4,6,11H2,2H3,(H2,19,20,22). The van der Waals surface area contributed by atoms with Crippen LogP contribution in [0, 0.1) is 0 Å². The SMILES string of the molecule is C=CCC(CC)NC(=O)NCc1cccnc1-n1ccnc1. The molecule has 0 spiro atoms. The van der Waals surface area contributed by atoms with E-state index in [-0.39, 0.29) is 12.1 Å². The molecule has 0 aliphatic heterocycles. The number of hydrogen-bond donors (Lipinski definition) is 2. The molecule has 6 nitrogen and oxygen atoms in total. The molecular formula is C16H21N5O. The lowest BCUT2D eigenvalue weighted by molar-refractivity contribution is 0.236. The molecule has 0 aliphatic rings.